The molecule has 1 aromatic rings. The zero-order valence-corrected chi connectivity index (χ0v) is 15.1. The van der Waals surface area contributed by atoms with E-state index in [0.29, 0.717) is 11.3 Å². The van der Waals surface area contributed by atoms with Crippen molar-refractivity contribution >= 4 is 21.8 Å². The number of methoxy groups -OCH3 is 1. The third-order valence-corrected chi connectivity index (χ3v) is 4.59. The second-order valence-corrected chi connectivity index (χ2v) is 7.98. The quantitative estimate of drug-likeness (QED) is 0.893. The predicted molar refractivity (Wildman–Crippen MR) is 92.2 cm³/mol. The monoisotopic (exact) mass is 351 g/mol. The van der Waals surface area contributed by atoms with Gasteiger partial charge in [-0.05, 0) is 39.0 Å². The van der Waals surface area contributed by atoms with Gasteiger partial charge in [-0.3, -0.25) is 4.79 Å². The van der Waals surface area contributed by atoms with Crippen molar-refractivity contribution in [2.45, 2.75) is 26.3 Å². The van der Waals surface area contributed by atoms with E-state index in [-0.39, 0.29) is 11.4 Å². The highest BCUT2D eigenvalue weighted by Gasteiger charge is 2.31. The minimum Gasteiger partial charge on any atom is -0.496 e. The molecule has 0 saturated carbocycles. The zero-order chi connectivity index (χ0) is 18.1. The van der Waals surface area contributed by atoms with E-state index in [9.17, 15) is 13.2 Å². The van der Waals surface area contributed by atoms with E-state index < -0.39 is 21.7 Å². The first kappa shape index (κ1) is 18.0. The van der Waals surface area contributed by atoms with Gasteiger partial charge in [-0.25, -0.2) is 4.31 Å². The molecule has 0 saturated heterocycles. The zero-order valence-electron chi connectivity index (χ0n) is 14.3. The van der Waals surface area contributed by atoms with Crippen LogP contribution in [-0.4, -0.2) is 44.0 Å². The molecule has 0 spiro atoms. The molecule has 1 aliphatic heterocycles. The minimum atomic E-state index is -4.00. The molecule has 2 rings (SSSR count). The van der Waals surface area contributed by atoms with Gasteiger partial charge < -0.3 is 10.1 Å². The summed E-state index contributed by atoms with van der Waals surface area (Å²) < 4.78 is 34.5. The highest BCUT2D eigenvalue weighted by molar-refractivity contribution is 7.88. The number of allylic oxidation sites excluding steroid dienone is 1. The number of nitrogens with one attached hydrogen (secondary N) is 1. The summed E-state index contributed by atoms with van der Waals surface area (Å²) in [5, 5.41) is 2.76. The SMILES string of the molecule is COc1ccccc1C1=NS(=O)(=O)N(C)C(C(=O)NC(C)(C)C)=C1. The van der Waals surface area contributed by atoms with Crippen molar-refractivity contribution in [1.82, 2.24) is 9.62 Å². The summed E-state index contributed by atoms with van der Waals surface area (Å²) in [6.07, 6.45) is 1.44. The Morgan fingerprint density at radius 2 is 1.88 bits per heavy atom. The van der Waals surface area contributed by atoms with Crippen LogP contribution in [0.1, 0.15) is 26.3 Å². The number of rotatable bonds is 3. The number of carbonyl (C=O) groups excluding carboxylic acids is 1. The fraction of sp³-hybridized carbons (Fsp3) is 0.375. The van der Waals surface area contributed by atoms with Crippen LogP contribution >= 0.6 is 0 Å². The van der Waals surface area contributed by atoms with E-state index >= 15 is 0 Å². The van der Waals surface area contributed by atoms with Crippen molar-refractivity contribution in [2.75, 3.05) is 14.2 Å². The molecule has 1 heterocycles. The lowest BCUT2D eigenvalue weighted by Crippen LogP contribution is -2.45. The van der Waals surface area contributed by atoms with E-state index in [1.165, 1.54) is 20.2 Å². The molecule has 0 unspecified atom stereocenters. The number of amides is 1. The topological polar surface area (TPSA) is 88.1 Å². The molecule has 0 radical (unpaired) electrons. The Morgan fingerprint density at radius 3 is 2.46 bits per heavy atom. The van der Waals surface area contributed by atoms with Crippen LogP contribution in [0.2, 0.25) is 0 Å². The molecule has 24 heavy (non-hydrogen) atoms. The first-order chi connectivity index (χ1) is 11.0. The van der Waals surface area contributed by atoms with Crippen LogP contribution in [0.4, 0.5) is 0 Å². The van der Waals surface area contributed by atoms with Crippen molar-refractivity contribution in [3.05, 3.63) is 41.6 Å². The summed E-state index contributed by atoms with van der Waals surface area (Å²) in [6.45, 7) is 5.45. The van der Waals surface area contributed by atoms with Crippen LogP contribution < -0.4 is 10.1 Å². The van der Waals surface area contributed by atoms with E-state index in [2.05, 4.69) is 9.71 Å². The predicted octanol–water partition coefficient (Wildman–Crippen LogP) is 1.47. The number of carbonyl (C=O) groups is 1. The minimum absolute atomic E-state index is 0.000770. The normalized spacial score (nSPS) is 17.0. The summed E-state index contributed by atoms with van der Waals surface area (Å²) in [5.74, 6) is -0.0151. The third-order valence-electron chi connectivity index (χ3n) is 3.28. The summed E-state index contributed by atoms with van der Waals surface area (Å²) in [4.78, 5) is 12.5. The lowest BCUT2D eigenvalue weighted by molar-refractivity contribution is -0.119. The Labute approximate surface area is 142 Å². The van der Waals surface area contributed by atoms with Crippen molar-refractivity contribution < 1.29 is 17.9 Å². The number of benzene rings is 1. The first-order valence-electron chi connectivity index (χ1n) is 7.31. The van der Waals surface area contributed by atoms with Gasteiger partial charge in [0.1, 0.15) is 11.4 Å². The van der Waals surface area contributed by atoms with Crippen LogP contribution in [0.3, 0.4) is 0 Å². The Hall–Kier alpha value is -2.35. The highest BCUT2D eigenvalue weighted by atomic mass is 32.2. The van der Waals surface area contributed by atoms with E-state index in [4.69, 9.17) is 4.74 Å². The first-order valence-corrected chi connectivity index (χ1v) is 8.71. The van der Waals surface area contributed by atoms with Crippen molar-refractivity contribution in [3.63, 3.8) is 0 Å². The number of hydrogen-bond acceptors (Lipinski definition) is 4. The van der Waals surface area contributed by atoms with Crippen molar-refractivity contribution in [2.24, 2.45) is 4.40 Å². The lowest BCUT2D eigenvalue weighted by Gasteiger charge is -2.27. The summed E-state index contributed by atoms with van der Waals surface area (Å²) in [7, 11) is -1.21. The molecular weight excluding hydrogens is 330 g/mol. The van der Waals surface area contributed by atoms with Crippen LogP contribution in [0.25, 0.3) is 0 Å². The Bertz CT molecular complexity index is 820. The van der Waals surface area contributed by atoms with E-state index in [0.717, 1.165) is 4.31 Å². The lowest BCUT2D eigenvalue weighted by atomic mass is 10.1. The van der Waals surface area contributed by atoms with Crippen LogP contribution in [0, 0.1) is 0 Å². The Balaban J connectivity index is 2.54. The van der Waals surface area contributed by atoms with Crippen LogP contribution in [0.5, 0.6) is 5.75 Å². The second kappa shape index (κ2) is 6.27. The second-order valence-electron chi connectivity index (χ2n) is 6.36. The van der Waals surface area contributed by atoms with Gasteiger partial charge in [-0.1, -0.05) is 12.1 Å². The maximum atomic E-state index is 12.5. The molecule has 1 aliphatic rings. The Kier molecular flexibility index (Phi) is 4.70. The maximum absolute atomic E-state index is 12.5. The number of likely N-dealkylation sites (N-methyl/N-ethyl adjacent to an activating group) is 1. The van der Waals surface area contributed by atoms with Crippen molar-refractivity contribution in [1.29, 1.82) is 0 Å². The molecule has 8 heteroatoms. The molecule has 1 N–H and O–H groups in total. The summed E-state index contributed by atoms with van der Waals surface area (Å²) in [6, 6.07) is 6.90. The molecule has 1 amide bonds. The standard InChI is InChI=1S/C16H21N3O4S/c1-16(2,3)17-15(20)13-10-12(18-24(21,22)19(13)4)11-8-6-7-9-14(11)23-5/h6-10H,1-5H3,(H,17,20). The number of hydrogen-bond donors (Lipinski definition) is 1. The molecule has 0 atom stereocenters. The fourth-order valence-corrected chi connectivity index (χ4v) is 3.06. The van der Waals surface area contributed by atoms with Crippen LogP contribution in [0.15, 0.2) is 40.4 Å². The molecular formula is C16H21N3O4S. The third kappa shape index (κ3) is 3.76. The average molecular weight is 351 g/mol. The van der Waals surface area contributed by atoms with Gasteiger partial charge in [-0.15, -0.1) is 4.40 Å². The maximum Gasteiger partial charge on any atom is 0.345 e. The van der Waals surface area contributed by atoms with Gasteiger partial charge in [0.05, 0.1) is 12.8 Å². The molecule has 0 aromatic heterocycles. The molecule has 0 aliphatic carbocycles. The smallest absolute Gasteiger partial charge is 0.345 e. The summed E-state index contributed by atoms with van der Waals surface area (Å²) in [5.41, 5.74) is 0.157. The molecule has 0 fully saturated rings. The van der Waals surface area contributed by atoms with Gasteiger partial charge in [0, 0.05) is 18.2 Å². The van der Waals surface area contributed by atoms with E-state index in [1.54, 1.807) is 24.3 Å². The number of nitrogens with zero attached hydrogens (tertiary/aromatic N) is 2. The van der Waals surface area contributed by atoms with Gasteiger partial charge in [0.25, 0.3) is 5.91 Å². The van der Waals surface area contributed by atoms with E-state index in [1.807, 2.05) is 20.8 Å². The van der Waals surface area contributed by atoms with Gasteiger partial charge in [-0.2, -0.15) is 8.42 Å². The number of ether oxygens (including phenoxy) is 1. The molecule has 1 aromatic carbocycles. The van der Waals surface area contributed by atoms with Gasteiger partial charge in [0.15, 0.2) is 0 Å². The largest absolute Gasteiger partial charge is 0.496 e. The Morgan fingerprint density at radius 1 is 1.25 bits per heavy atom. The fourth-order valence-electron chi connectivity index (χ4n) is 2.15. The van der Waals surface area contributed by atoms with Crippen LogP contribution in [-0.2, 0) is 15.0 Å². The molecule has 0 bridgehead atoms. The summed E-state index contributed by atoms with van der Waals surface area (Å²) >= 11 is 0. The molecule has 7 nitrogen and oxygen atoms in total. The number of para-hydroxylation sites is 1. The average Bonchev–Trinajstić information content (AvgIpc) is 2.47. The van der Waals surface area contributed by atoms with Gasteiger partial charge in [0.2, 0.25) is 0 Å². The van der Waals surface area contributed by atoms with Crippen molar-refractivity contribution in [3.8, 4) is 5.75 Å². The molecule has 130 valence electrons. The van der Waals surface area contributed by atoms with Gasteiger partial charge >= 0.3 is 10.2 Å². The highest BCUT2D eigenvalue weighted by Crippen LogP contribution is 2.25.